The smallest absolute Gasteiger partial charge is 0.0481 e. The number of rotatable bonds is 3. The molecular weight excluding hydrogens is 228 g/mol. The van der Waals surface area contributed by atoms with Gasteiger partial charge in [-0.2, -0.15) is 0 Å². The maximum absolute atomic E-state index is 5.68. The van der Waals surface area contributed by atoms with Gasteiger partial charge in [0.05, 0.1) is 0 Å². The third-order valence-corrected chi connectivity index (χ3v) is 4.88. The van der Waals surface area contributed by atoms with Crippen LogP contribution < -0.4 is 11.1 Å². The summed E-state index contributed by atoms with van der Waals surface area (Å²) in [4.78, 5) is 1.38. The Kier molecular flexibility index (Phi) is 4.00. The molecule has 3 N–H and O–H groups in total. The summed E-state index contributed by atoms with van der Waals surface area (Å²) in [6.45, 7) is 7.49. The standard InChI is InChI=1S/C14H22N2S/c1-9(2)11-4-5-12-14(8-11)17-13(6-7-15)10(3)16-12/h4-5,8-10,13,16H,6-7,15H2,1-3H3. The Morgan fingerprint density at radius 1 is 1.41 bits per heavy atom. The number of hydrogen-bond donors (Lipinski definition) is 2. The molecule has 17 heavy (non-hydrogen) atoms. The molecular formula is C14H22N2S. The van der Waals surface area contributed by atoms with Crippen LogP contribution in [0.5, 0.6) is 0 Å². The molecule has 1 aromatic carbocycles. The number of benzene rings is 1. The fraction of sp³-hybridized carbons (Fsp3) is 0.571. The van der Waals surface area contributed by atoms with Gasteiger partial charge in [0.2, 0.25) is 0 Å². The summed E-state index contributed by atoms with van der Waals surface area (Å²) in [7, 11) is 0. The van der Waals surface area contributed by atoms with Crippen LogP contribution in [-0.2, 0) is 0 Å². The zero-order valence-corrected chi connectivity index (χ0v) is 11.7. The number of hydrogen-bond acceptors (Lipinski definition) is 3. The first-order valence-corrected chi connectivity index (χ1v) is 7.27. The van der Waals surface area contributed by atoms with Crippen LogP contribution in [0.25, 0.3) is 0 Å². The molecule has 0 radical (unpaired) electrons. The van der Waals surface area contributed by atoms with E-state index < -0.39 is 0 Å². The molecule has 2 rings (SSSR count). The van der Waals surface area contributed by atoms with E-state index in [2.05, 4.69) is 44.3 Å². The van der Waals surface area contributed by atoms with Crippen molar-refractivity contribution >= 4 is 17.4 Å². The average Bonchev–Trinajstić information content (AvgIpc) is 2.29. The fourth-order valence-electron chi connectivity index (χ4n) is 2.19. The van der Waals surface area contributed by atoms with Gasteiger partial charge in [-0.05, 0) is 43.5 Å². The van der Waals surface area contributed by atoms with Crippen molar-refractivity contribution in [3.05, 3.63) is 23.8 Å². The van der Waals surface area contributed by atoms with Gasteiger partial charge in [-0.1, -0.05) is 19.9 Å². The largest absolute Gasteiger partial charge is 0.381 e. The van der Waals surface area contributed by atoms with E-state index in [0.29, 0.717) is 17.2 Å². The van der Waals surface area contributed by atoms with Gasteiger partial charge in [-0.15, -0.1) is 11.8 Å². The number of anilines is 1. The first-order valence-electron chi connectivity index (χ1n) is 6.39. The van der Waals surface area contributed by atoms with Crippen molar-refractivity contribution in [1.29, 1.82) is 0 Å². The van der Waals surface area contributed by atoms with Crippen molar-refractivity contribution in [2.45, 2.75) is 49.3 Å². The van der Waals surface area contributed by atoms with Crippen LogP contribution in [-0.4, -0.2) is 17.8 Å². The Balaban J connectivity index is 2.24. The molecule has 0 fully saturated rings. The number of thioether (sulfide) groups is 1. The second kappa shape index (κ2) is 5.32. The zero-order chi connectivity index (χ0) is 12.4. The summed E-state index contributed by atoms with van der Waals surface area (Å²) < 4.78 is 0. The molecule has 2 unspecified atom stereocenters. The van der Waals surface area contributed by atoms with Crippen LogP contribution in [0.2, 0.25) is 0 Å². The minimum atomic E-state index is 0.501. The highest BCUT2D eigenvalue weighted by atomic mass is 32.2. The molecule has 0 amide bonds. The number of fused-ring (bicyclic) bond motifs is 1. The Morgan fingerprint density at radius 2 is 2.18 bits per heavy atom. The predicted molar refractivity (Wildman–Crippen MR) is 76.9 cm³/mol. The Morgan fingerprint density at radius 3 is 2.82 bits per heavy atom. The molecule has 0 saturated heterocycles. The maximum atomic E-state index is 5.68. The van der Waals surface area contributed by atoms with E-state index in [1.807, 2.05) is 11.8 Å². The summed E-state index contributed by atoms with van der Waals surface area (Å²) in [5.41, 5.74) is 8.37. The van der Waals surface area contributed by atoms with Gasteiger partial charge in [0.1, 0.15) is 0 Å². The first-order chi connectivity index (χ1) is 8.11. The molecule has 0 spiro atoms. The summed E-state index contributed by atoms with van der Waals surface area (Å²) >= 11 is 1.98. The zero-order valence-electron chi connectivity index (χ0n) is 10.9. The van der Waals surface area contributed by atoms with Gasteiger partial charge in [-0.3, -0.25) is 0 Å². The highest BCUT2D eigenvalue weighted by Gasteiger charge is 2.25. The van der Waals surface area contributed by atoms with Crippen molar-refractivity contribution in [3.8, 4) is 0 Å². The molecule has 0 aliphatic carbocycles. The molecule has 1 heterocycles. The fourth-order valence-corrected chi connectivity index (χ4v) is 3.50. The SMILES string of the molecule is CC(C)c1ccc2c(c1)SC(CCN)C(C)N2. The summed E-state index contributed by atoms with van der Waals surface area (Å²) in [6, 6.07) is 7.27. The third-order valence-electron chi connectivity index (χ3n) is 3.34. The van der Waals surface area contributed by atoms with E-state index in [1.54, 1.807) is 0 Å². The number of nitrogens with one attached hydrogen (secondary N) is 1. The topological polar surface area (TPSA) is 38.0 Å². The maximum Gasteiger partial charge on any atom is 0.0481 e. The van der Waals surface area contributed by atoms with Gasteiger partial charge in [-0.25, -0.2) is 0 Å². The minimum absolute atomic E-state index is 0.501. The van der Waals surface area contributed by atoms with Crippen LogP contribution >= 0.6 is 11.8 Å². The molecule has 0 saturated carbocycles. The van der Waals surface area contributed by atoms with Crippen LogP contribution in [0.1, 0.15) is 38.7 Å². The van der Waals surface area contributed by atoms with Crippen LogP contribution in [0.4, 0.5) is 5.69 Å². The van der Waals surface area contributed by atoms with Crippen molar-refractivity contribution < 1.29 is 0 Å². The summed E-state index contributed by atoms with van der Waals surface area (Å²) in [5.74, 6) is 0.591. The second-order valence-corrected chi connectivity index (χ2v) is 6.36. The predicted octanol–water partition coefficient (Wildman–Crippen LogP) is 3.43. The second-order valence-electron chi connectivity index (χ2n) is 5.08. The van der Waals surface area contributed by atoms with Crippen LogP contribution in [0, 0.1) is 0 Å². The molecule has 1 aliphatic heterocycles. The number of nitrogens with two attached hydrogens (primary N) is 1. The lowest BCUT2D eigenvalue weighted by molar-refractivity contribution is 0.671. The molecule has 1 aromatic rings. The summed E-state index contributed by atoms with van der Waals surface area (Å²) in [5, 5.41) is 4.18. The first kappa shape index (κ1) is 12.8. The van der Waals surface area contributed by atoms with Gasteiger partial charge in [0.25, 0.3) is 0 Å². The van der Waals surface area contributed by atoms with Crippen molar-refractivity contribution in [3.63, 3.8) is 0 Å². The van der Waals surface area contributed by atoms with E-state index in [0.717, 1.165) is 13.0 Å². The Bertz CT molecular complexity index is 390. The lowest BCUT2D eigenvalue weighted by Gasteiger charge is -2.32. The third kappa shape index (κ3) is 2.78. The quantitative estimate of drug-likeness (QED) is 0.863. The van der Waals surface area contributed by atoms with E-state index in [9.17, 15) is 0 Å². The van der Waals surface area contributed by atoms with Gasteiger partial charge in [0, 0.05) is 21.9 Å². The highest BCUT2D eigenvalue weighted by Crippen LogP contribution is 2.40. The molecule has 3 heteroatoms. The van der Waals surface area contributed by atoms with E-state index in [-0.39, 0.29) is 0 Å². The molecule has 0 aromatic heterocycles. The van der Waals surface area contributed by atoms with Crippen LogP contribution in [0.15, 0.2) is 23.1 Å². The van der Waals surface area contributed by atoms with Crippen molar-refractivity contribution in [1.82, 2.24) is 0 Å². The molecule has 1 aliphatic rings. The highest BCUT2D eigenvalue weighted by molar-refractivity contribution is 8.00. The normalized spacial score (nSPS) is 23.4. The van der Waals surface area contributed by atoms with E-state index in [4.69, 9.17) is 5.73 Å². The van der Waals surface area contributed by atoms with Gasteiger partial charge >= 0.3 is 0 Å². The minimum Gasteiger partial charge on any atom is -0.381 e. The van der Waals surface area contributed by atoms with Gasteiger partial charge in [0.15, 0.2) is 0 Å². The van der Waals surface area contributed by atoms with Crippen LogP contribution in [0.3, 0.4) is 0 Å². The lowest BCUT2D eigenvalue weighted by atomic mass is 10.0. The molecule has 94 valence electrons. The summed E-state index contributed by atoms with van der Waals surface area (Å²) in [6.07, 6.45) is 1.07. The Hall–Kier alpha value is -0.670. The van der Waals surface area contributed by atoms with E-state index in [1.165, 1.54) is 16.1 Å². The monoisotopic (exact) mass is 250 g/mol. The van der Waals surface area contributed by atoms with Gasteiger partial charge < -0.3 is 11.1 Å². The molecule has 2 nitrogen and oxygen atoms in total. The average molecular weight is 250 g/mol. The lowest BCUT2D eigenvalue weighted by Crippen LogP contribution is -2.33. The molecule has 2 atom stereocenters. The Labute approximate surface area is 108 Å². The van der Waals surface area contributed by atoms with Crippen molar-refractivity contribution in [2.75, 3.05) is 11.9 Å². The molecule has 0 bridgehead atoms. The van der Waals surface area contributed by atoms with Crippen molar-refractivity contribution in [2.24, 2.45) is 5.73 Å². The van der Waals surface area contributed by atoms with E-state index >= 15 is 0 Å².